The number of amides is 1. The van der Waals surface area contributed by atoms with Crippen LogP contribution >= 0.6 is 23.6 Å². The molecule has 0 radical (unpaired) electrons. The highest BCUT2D eigenvalue weighted by Gasteiger charge is 2.17. The average Bonchev–Trinajstić information content (AvgIpc) is 2.88. The van der Waals surface area contributed by atoms with E-state index in [0.29, 0.717) is 24.5 Å². The van der Waals surface area contributed by atoms with E-state index in [1.165, 1.54) is 4.88 Å². The second-order valence-electron chi connectivity index (χ2n) is 4.64. The lowest BCUT2D eigenvalue weighted by Crippen LogP contribution is -2.38. The molecule has 0 aliphatic carbocycles. The van der Waals surface area contributed by atoms with E-state index in [4.69, 9.17) is 18.0 Å². The van der Waals surface area contributed by atoms with Gasteiger partial charge in [0, 0.05) is 30.9 Å². The smallest absolute Gasteiger partial charge is 0.236 e. The monoisotopic (exact) mass is 299 g/mol. The first-order valence-electron chi connectivity index (χ1n) is 6.17. The number of rotatable bonds is 7. The number of hydrogen-bond donors (Lipinski definition) is 1. The Hall–Kier alpha value is -0.980. The van der Waals surface area contributed by atoms with Gasteiger partial charge in [-0.25, -0.2) is 0 Å². The van der Waals surface area contributed by atoms with Gasteiger partial charge in [0.15, 0.2) is 0 Å². The van der Waals surface area contributed by atoms with Crippen molar-refractivity contribution >= 4 is 34.5 Å². The quantitative estimate of drug-likeness (QED) is 0.781. The molecule has 1 aromatic rings. The zero-order chi connectivity index (χ0) is 14.4. The predicted octanol–water partition coefficient (Wildman–Crippen LogP) is 1.88. The molecular weight excluding hydrogens is 278 g/mol. The van der Waals surface area contributed by atoms with Crippen molar-refractivity contribution in [2.24, 2.45) is 5.73 Å². The van der Waals surface area contributed by atoms with Crippen LogP contribution in [0.5, 0.6) is 0 Å². The summed E-state index contributed by atoms with van der Waals surface area (Å²) < 4.78 is 0. The molecule has 1 heterocycles. The molecule has 6 heteroatoms. The minimum absolute atomic E-state index is 0.0853. The van der Waals surface area contributed by atoms with E-state index in [9.17, 15) is 4.79 Å². The molecule has 0 saturated heterocycles. The average molecular weight is 299 g/mol. The van der Waals surface area contributed by atoms with Crippen LogP contribution in [0.2, 0.25) is 0 Å². The van der Waals surface area contributed by atoms with Crippen LogP contribution in [0.15, 0.2) is 17.5 Å². The minimum atomic E-state index is 0.0853. The van der Waals surface area contributed by atoms with Gasteiger partial charge in [-0.05, 0) is 25.4 Å². The number of likely N-dealkylation sites (N-methyl/N-ethyl adjacent to an activating group) is 2. The molecule has 2 N–H and O–H groups in total. The third-order valence-corrected chi connectivity index (χ3v) is 4.37. The van der Waals surface area contributed by atoms with Gasteiger partial charge in [-0.3, -0.25) is 9.69 Å². The van der Waals surface area contributed by atoms with Crippen LogP contribution in [0.1, 0.15) is 24.3 Å². The summed E-state index contributed by atoms with van der Waals surface area (Å²) in [4.78, 5) is 17.5. The van der Waals surface area contributed by atoms with E-state index in [0.717, 1.165) is 0 Å². The number of thiophene rings is 1. The summed E-state index contributed by atoms with van der Waals surface area (Å²) in [7, 11) is 3.74. The van der Waals surface area contributed by atoms with E-state index in [1.54, 1.807) is 23.3 Å². The number of nitrogens with two attached hydrogens (primary N) is 1. The number of carbonyl (C=O) groups excluding carboxylic acids is 1. The van der Waals surface area contributed by atoms with Gasteiger partial charge in [0.25, 0.3) is 0 Å². The lowest BCUT2D eigenvalue weighted by Gasteiger charge is -2.26. The Morgan fingerprint density at radius 2 is 2.21 bits per heavy atom. The molecule has 0 bridgehead atoms. The van der Waals surface area contributed by atoms with Crippen LogP contribution in [0, 0.1) is 0 Å². The van der Waals surface area contributed by atoms with Gasteiger partial charge in [0.2, 0.25) is 5.91 Å². The van der Waals surface area contributed by atoms with Crippen molar-refractivity contribution in [3.8, 4) is 0 Å². The Bertz CT molecular complexity index is 420. The fourth-order valence-electron chi connectivity index (χ4n) is 1.62. The van der Waals surface area contributed by atoms with Gasteiger partial charge in [-0.2, -0.15) is 0 Å². The van der Waals surface area contributed by atoms with Gasteiger partial charge in [-0.1, -0.05) is 18.3 Å². The maximum Gasteiger partial charge on any atom is 0.236 e. The maximum absolute atomic E-state index is 12.0. The fraction of sp³-hybridized carbons (Fsp3) is 0.538. The van der Waals surface area contributed by atoms with Gasteiger partial charge in [-0.15, -0.1) is 11.3 Å². The first kappa shape index (κ1) is 16.1. The second-order valence-corrected chi connectivity index (χ2v) is 6.14. The first-order valence-corrected chi connectivity index (χ1v) is 7.46. The molecule has 1 unspecified atom stereocenters. The van der Waals surface area contributed by atoms with E-state index >= 15 is 0 Å². The van der Waals surface area contributed by atoms with Crippen LogP contribution in [0.25, 0.3) is 0 Å². The Morgan fingerprint density at radius 1 is 1.53 bits per heavy atom. The Labute approximate surface area is 124 Å². The second kappa shape index (κ2) is 7.57. The number of nitrogens with zero attached hydrogens (tertiary/aromatic N) is 2. The van der Waals surface area contributed by atoms with Gasteiger partial charge in [0.05, 0.1) is 11.5 Å². The van der Waals surface area contributed by atoms with Crippen LogP contribution in [0.3, 0.4) is 0 Å². The fourth-order valence-corrected chi connectivity index (χ4v) is 2.56. The van der Waals surface area contributed by atoms with Crippen molar-refractivity contribution < 1.29 is 4.79 Å². The molecule has 0 aliphatic rings. The van der Waals surface area contributed by atoms with Crippen LogP contribution in [-0.4, -0.2) is 47.9 Å². The SMILES string of the molecule is CC(c1cccs1)N(C)CC(=O)N(C)CCC(N)=S. The van der Waals surface area contributed by atoms with E-state index < -0.39 is 0 Å². The summed E-state index contributed by atoms with van der Waals surface area (Å²) in [5.74, 6) is 0.0853. The lowest BCUT2D eigenvalue weighted by molar-refractivity contribution is -0.131. The molecule has 0 saturated carbocycles. The Balaban J connectivity index is 2.45. The lowest BCUT2D eigenvalue weighted by atomic mass is 10.2. The van der Waals surface area contributed by atoms with Gasteiger partial charge in [0.1, 0.15) is 0 Å². The van der Waals surface area contributed by atoms with Gasteiger partial charge < -0.3 is 10.6 Å². The highest BCUT2D eigenvalue weighted by Crippen LogP contribution is 2.22. The van der Waals surface area contributed by atoms with Crippen molar-refractivity contribution in [3.05, 3.63) is 22.4 Å². The third kappa shape index (κ3) is 5.26. The molecule has 0 aromatic carbocycles. The van der Waals surface area contributed by atoms with E-state index in [2.05, 4.69) is 18.4 Å². The van der Waals surface area contributed by atoms with Gasteiger partial charge >= 0.3 is 0 Å². The molecule has 1 amide bonds. The highest BCUT2D eigenvalue weighted by atomic mass is 32.1. The zero-order valence-corrected chi connectivity index (χ0v) is 13.3. The molecule has 1 aromatic heterocycles. The van der Waals surface area contributed by atoms with Crippen LogP contribution in [-0.2, 0) is 4.79 Å². The van der Waals surface area contributed by atoms with Crippen LogP contribution in [0.4, 0.5) is 0 Å². The Kier molecular flexibility index (Phi) is 6.41. The molecule has 106 valence electrons. The summed E-state index contributed by atoms with van der Waals surface area (Å²) in [5, 5.41) is 2.05. The van der Waals surface area contributed by atoms with E-state index in [1.807, 2.05) is 18.0 Å². The number of hydrogen-bond acceptors (Lipinski definition) is 4. The summed E-state index contributed by atoms with van der Waals surface area (Å²) in [5.41, 5.74) is 5.44. The first-order chi connectivity index (χ1) is 8.91. The number of carbonyl (C=O) groups is 1. The topological polar surface area (TPSA) is 49.6 Å². The summed E-state index contributed by atoms with van der Waals surface area (Å²) in [6, 6.07) is 4.36. The number of thiocarbonyl (C=S) groups is 1. The molecule has 0 spiro atoms. The molecule has 0 aliphatic heterocycles. The standard InChI is InChI=1S/C13H21N3OS2/c1-10(11-5-4-8-19-11)16(3)9-13(17)15(2)7-6-12(14)18/h4-5,8,10H,6-7,9H2,1-3H3,(H2,14,18). The predicted molar refractivity (Wildman–Crippen MR) is 84.4 cm³/mol. The van der Waals surface area contributed by atoms with Crippen molar-refractivity contribution in [2.45, 2.75) is 19.4 Å². The summed E-state index contributed by atoms with van der Waals surface area (Å²) in [6.45, 7) is 3.08. The van der Waals surface area contributed by atoms with Crippen LogP contribution < -0.4 is 5.73 Å². The maximum atomic E-state index is 12.0. The molecule has 4 nitrogen and oxygen atoms in total. The van der Waals surface area contributed by atoms with Crippen molar-refractivity contribution in [1.82, 2.24) is 9.80 Å². The van der Waals surface area contributed by atoms with E-state index in [-0.39, 0.29) is 11.9 Å². The minimum Gasteiger partial charge on any atom is -0.393 e. The van der Waals surface area contributed by atoms with Crippen molar-refractivity contribution in [1.29, 1.82) is 0 Å². The third-order valence-electron chi connectivity index (χ3n) is 3.12. The zero-order valence-electron chi connectivity index (χ0n) is 11.6. The van der Waals surface area contributed by atoms with Crippen molar-refractivity contribution in [3.63, 3.8) is 0 Å². The Morgan fingerprint density at radius 3 is 2.74 bits per heavy atom. The molecule has 0 fully saturated rings. The summed E-state index contributed by atoms with van der Waals surface area (Å²) >= 11 is 6.52. The molecule has 1 rings (SSSR count). The van der Waals surface area contributed by atoms with Crippen molar-refractivity contribution in [2.75, 3.05) is 27.2 Å². The largest absolute Gasteiger partial charge is 0.393 e. The molecule has 1 atom stereocenters. The summed E-state index contributed by atoms with van der Waals surface area (Å²) in [6.07, 6.45) is 0.571. The molecular formula is C13H21N3OS2. The highest BCUT2D eigenvalue weighted by molar-refractivity contribution is 7.80. The molecule has 19 heavy (non-hydrogen) atoms. The normalized spacial score (nSPS) is 12.4.